The fourth-order valence-corrected chi connectivity index (χ4v) is 0.508. The van der Waals surface area contributed by atoms with Gasteiger partial charge in [-0.05, 0) is 0 Å². The molecule has 0 unspecified atom stereocenters. The van der Waals surface area contributed by atoms with Gasteiger partial charge in [0.1, 0.15) is 0 Å². The van der Waals surface area contributed by atoms with E-state index in [0.717, 1.165) is 0 Å². The van der Waals surface area contributed by atoms with Gasteiger partial charge in [0.15, 0.2) is 0 Å². The summed E-state index contributed by atoms with van der Waals surface area (Å²) in [5.41, 5.74) is 0. The second kappa shape index (κ2) is 4.70. The monoisotopic (exact) mass is 102 g/mol. The van der Waals surface area contributed by atoms with Gasteiger partial charge in [0.2, 0.25) is 0 Å². The van der Waals surface area contributed by atoms with Crippen molar-refractivity contribution >= 4 is 43.3 Å². The van der Waals surface area contributed by atoms with E-state index in [2.05, 4.69) is 0 Å². The minimum absolute atomic E-state index is 0.107. The van der Waals surface area contributed by atoms with Gasteiger partial charge in [-0.2, -0.15) is 0 Å². The molecule has 0 saturated heterocycles. The molecule has 0 saturated carbocycles. The molecular weight excluding hydrogens is 98.1 g/mol. The summed E-state index contributed by atoms with van der Waals surface area (Å²) in [5, 5.41) is 0. The van der Waals surface area contributed by atoms with Gasteiger partial charge in [-0.3, -0.25) is 0 Å². The molecular formula is CH3B5S. The standard InChI is InChI=1S/CH3B5S/c1-7(3)6-5-4-2/h1H3. The average Bonchev–Trinajstić information content (AvgIpc) is 1.61. The van der Waals surface area contributed by atoms with Gasteiger partial charge >= 0.3 is 49.5 Å². The molecule has 0 nitrogen and oxygen atoms in total. The van der Waals surface area contributed by atoms with E-state index >= 15 is 0 Å². The van der Waals surface area contributed by atoms with E-state index in [1.165, 1.54) is 6.69 Å². The molecule has 0 aliphatic heterocycles. The zero-order chi connectivity index (χ0) is 5.70. The van der Waals surface area contributed by atoms with Crippen LogP contribution in [0.2, 0.25) is 0 Å². The van der Waals surface area contributed by atoms with E-state index < -0.39 is 0 Å². The van der Waals surface area contributed by atoms with Gasteiger partial charge in [-0.25, -0.2) is 0 Å². The summed E-state index contributed by atoms with van der Waals surface area (Å²) in [4.78, 5) is 0. The summed E-state index contributed by atoms with van der Waals surface area (Å²) in [6.07, 6.45) is 1.92. The summed E-state index contributed by atoms with van der Waals surface area (Å²) >= 11 is 0. The van der Waals surface area contributed by atoms with Crippen molar-refractivity contribution in [3.05, 3.63) is 0 Å². The molecule has 7 heavy (non-hydrogen) atoms. The summed E-state index contributed by atoms with van der Waals surface area (Å²) in [7, 11) is 4.91. The number of hydrogen-bond acceptors (Lipinski definition) is 0. The second-order valence-electron chi connectivity index (χ2n) is 1.13. The van der Waals surface area contributed by atoms with Crippen LogP contribution in [0.5, 0.6) is 0 Å². The van der Waals surface area contributed by atoms with Crippen molar-refractivity contribution in [3.8, 4) is 0 Å². The van der Waals surface area contributed by atoms with Gasteiger partial charge in [0.05, 0.1) is 0 Å². The molecule has 0 atom stereocenters. The summed E-state index contributed by atoms with van der Waals surface area (Å²) in [6.45, 7) is 8.55. The van der Waals surface area contributed by atoms with Crippen LogP contribution in [0.3, 0.4) is 0 Å². The van der Waals surface area contributed by atoms with Gasteiger partial charge < -0.3 is 0 Å². The van der Waals surface area contributed by atoms with Crippen molar-refractivity contribution in [1.82, 2.24) is 0 Å². The fourth-order valence-electron chi connectivity index (χ4n) is 0.169. The summed E-state index contributed by atoms with van der Waals surface area (Å²) in [6, 6.07) is 1.85. The van der Waals surface area contributed by atoms with E-state index in [4.69, 9.17) is 14.3 Å². The molecule has 28 valence electrons. The first kappa shape index (κ1) is 7.54. The Bertz CT molecular complexity index is 171. The topological polar surface area (TPSA) is 0 Å². The SMILES string of the molecule is [B]B=BB=S(#B)C. The van der Waals surface area contributed by atoms with E-state index in [1.54, 1.807) is 6.69 Å². The van der Waals surface area contributed by atoms with Crippen molar-refractivity contribution in [2.45, 2.75) is 0 Å². The number of hydrogen-bond donors (Lipinski definition) is 0. The Balaban J connectivity index is 3.80. The van der Waals surface area contributed by atoms with Crippen LogP contribution in [0.4, 0.5) is 0 Å². The van der Waals surface area contributed by atoms with Crippen LogP contribution in [-0.4, -0.2) is 40.0 Å². The van der Waals surface area contributed by atoms with Crippen molar-refractivity contribution in [3.63, 3.8) is 0 Å². The van der Waals surface area contributed by atoms with Crippen molar-refractivity contribution < 1.29 is 0 Å². The Morgan fingerprint density at radius 1 is 1.57 bits per heavy atom. The van der Waals surface area contributed by atoms with Crippen LogP contribution in [0.25, 0.3) is 0 Å². The van der Waals surface area contributed by atoms with Crippen molar-refractivity contribution in [2.75, 3.05) is 6.26 Å². The zero-order valence-corrected chi connectivity index (χ0v) is 5.11. The quantitative estimate of drug-likeness (QED) is 0.368. The summed E-state index contributed by atoms with van der Waals surface area (Å²) in [5.74, 6) is 0. The third-order valence-corrected chi connectivity index (χ3v) is 0.991. The predicted octanol–water partition coefficient (Wildman–Crippen LogP) is -1.09. The Hall–Kier alpha value is 0.545. The van der Waals surface area contributed by atoms with Crippen molar-refractivity contribution in [1.29, 1.82) is 0 Å². The van der Waals surface area contributed by atoms with E-state index in [9.17, 15) is 0 Å². The number of rotatable bonds is 1. The molecule has 0 bridgehead atoms. The first-order valence-electron chi connectivity index (χ1n) is 1.88. The third kappa shape index (κ3) is 6.54. The van der Waals surface area contributed by atoms with Gasteiger partial charge in [-0.15, -0.1) is 0 Å². The molecule has 0 rings (SSSR count). The third-order valence-electron chi connectivity index (χ3n) is 0.404. The first-order chi connectivity index (χ1) is 3.27. The van der Waals surface area contributed by atoms with E-state index in [-0.39, 0.29) is 9.56 Å². The normalized spacial score (nSPS) is 9.86. The van der Waals surface area contributed by atoms with Crippen LogP contribution in [-0.2, 0) is 0 Å². The molecule has 0 aliphatic rings. The molecule has 2 radical (unpaired) electrons. The molecule has 0 N–H and O–H groups in total. The van der Waals surface area contributed by atoms with Crippen LogP contribution >= 0.6 is 9.56 Å². The summed E-state index contributed by atoms with van der Waals surface area (Å²) < 4.78 is 0. The molecule has 6 heteroatoms. The Labute approximate surface area is 50.1 Å². The van der Waals surface area contributed by atoms with Gasteiger partial charge in [0, 0.05) is 0 Å². The van der Waals surface area contributed by atoms with Crippen LogP contribution in [0.15, 0.2) is 0 Å². The van der Waals surface area contributed by atoms with Gasteiger partial charge in [0.25, 0.3) is 0 Å². The molecule has 0 aliphatic carbocycles. The van der Waals surface area contributed by atoms with Crippen LogP contribution in [0, 0.1) is 0 Å². The molecule has 0 heterocycles. The Morgan fingerprint density at radius 2 is 2.14 bits per heavy atom. The fraction of sp³-hybridized carbons (Fsp3) is 1.00. The Morgan fingerprint density at radius 3 is 2.29 bits per heavy atom. The second-order valence-corrected chi connectivity index (χ2v) is 2.62. The molecule has 0 aromatic rings. The van der Waals surface area contributed by atoms with Gasteiger partial charge in [-0.1, -0.05) is 0 Å². The molecule has 0 aromatic carbocycles. The minimum atomic E-state index is -0.107. The first-order valence-corrected chi connectivity index (χ1v) is 3.64. The molecule has 0 spiro atoms. The maximum absolute atomic E-state index is 5.34. The van der Waals surface area contributed by atoms with Crippen LogP contribution in [0.1, 0.15) is 0 Å². The average molecular weight is 101 g/mol. The maximum atomic E-state index is 5.34. The predicted molar refractivity (Wildman–Crippen MR) is 42.3 cm³/mol. The molecule has 0 fully saturated rings. The Kier molecular flexibility index (Phi) is 5.06. The van der Waals surface area contributed by atoms with E-state index in [0.29, 0.717) is 0 Å². The molecule has 0 amide bonds. The van der Waals surface area contributed by atoms with E-state index in [1.807, 2.05) is 12.3 Å². The molecule has 0 aromatic heterocycles. The van der Waals surface area contributed by atoms with Crippen molar-refractivity contribution in [2.24, 2.45) is 0 Å². The zero-order valence-electron chi connectivity index (χ0n) is 4.29. The van der Waals surface area contributed by atoms with Crippen LogP contribution < -0.4 is 0 Å².